The number of carbonyl (C=O) groups is 1. The second kappa shape index (κ2) is 7.81. The zero-order valence-electron chi connectivity index (χ0n) is 17.5. The topological polar surface area (TPSA) is 50.2 Å². The number of urea groups is 1. The smallest absolute Gasteiger partial charge is 0.291 e. The summed E-state index contributed by atoms with van der Waals surface area (Å²) in [5, 5.41) is 7.59. The zero-order chi connectivity index (χ0) is 23.2. The van der Waals surface area contributed by atoms with Gasteiger partial charge in [-0.05, 0) is 48.9 Å². The van der Waals surface area contributed by atoms with Crippen molar-refractivity contribution in [2.75, 3.05) is 10.2 Å². The second-order valence-electron chi connectivity index (χ2n) is 7.75. The molecule has 5 rings (SSSR count). The molecule has 0 radical (unpaired) electrons. The number of carbonyl (C=O) groups excluding carboxylic acids is 1. The van der Waals surface area contributed by atoms with Crippen LogP contribution in [-0.2, 0) is 6.18 Å². The van der Waals surface area contributed by atoms with E-state index in [4.69, 9.17) is 0 Å². The Labute approximate surface area is 188 Å². The van der Waals surface area contributed by atoms with Crippen molar-refractivity contribution < 1.29 is 18.0 Å². The van der Waals surface area contributed by atoms with Gasteiger partial charge in [0, 0.05) is 11.3 Å². The minimum absolute atomic E-state index is 0.393. The molecule has 8 heteroatoms. The van der Waals surface area contributed by atoms with E-state index in [0.29, 0.717) is 22.8 Å². The van der Waals surface area contributed by atoms with E-state index in [2.05, 4.69) is 10.4 Å². The van der Waals surface area contributed by atoms with Crippen LogP contribution >= 0.6 is 0 Å². The van der Waals surface area contributed by atoms with Crippen LogP contribution in [0.15, 0.2) is 84.9 Å². The average molecular weight is 448 g/mol. The van der Waals surface area contributed by atoms with Gasteiger partial charge < -0.3 is 0 Å². The Hall–Kier alpha value is -4.07. The van der Waals surface area contributed by atoms with Gasteiger partial charge in [0.1, 0.15) is 5.82 Å². The average Bonchev–Trinajstić information content (AvgIpc) is 3.14. The summed E-state index contributed by atoms with van der Waals surface area (Å²) >= 11 is 0. The molecule has 5 nitrogen and oxygen atoms in total. The van der Waals surface area contributed by atoms with Crippen LogP contribution in [0.1, 0.15) is 28.4 Å². The largest absolute Gasteiger partial charge is 0.416 e. The number of rotatable bonds is 3. The summed E-state index contributed by atoms with van der Waals surface area (Å²) in [5.74, 6) is 0.501. The number of fused-ring (bicyclic) bond motifs is 1. The van der Waals surface area contributed by atoms with Crippen LogP contribution in [-0.4, -0.2) is 15.8 Å². The number of anilines is 2. The summed E-state index contributed by atoms with van der Waals surface area (Å²) in [6.07, 6.45) is -4.44. The molecule has 1 aromatic heterocycles. The molecule has 4 aromatic rings. The van der Waals surface area contributed by atoms with Crippen molar-refractivity contribution in [2.24, 2.45) is 0 Å². The van der Waals surface area contributed by atoms with E-state index in [0.717, 1.165) is 23.4 Å². The first-order chi connectivity index (χ1) is 15.8. The highest BCUT2D eigenvalue weighted by molar-refractivity contribution is 6.05. The lowest BCUT2D eigenvalue weighted by Gasteiger charge is -2.36. The van der Waals surface area contributed by atoms with Crippen molar-refractivity contribution in [3.8, 4) is 5.69 Å². The lowest BCUT2D eigenvalue weighted by Crippen LogP contribution is -2.43. The molecule has 1 aliphatic heterocycles. The van der Waals surface area contributed by atoms with Crippen molar-refractivity contribution in [3.05, 3.63) is 107 Å². The molecule has 0 spiro atoms. The molecule has 0 aliphatic carbocycles. The molecule has 33 heavy (non-hydrogen) atoms. The first kappa shape index (κ1) is 20.8. The van der Waals surface area contributed by atoms with E-state index in [-0.39, 0.29) is 0 Å². The van der Waals surface area contributed by atoms with E-state index in [1.54, 1.807) is 21.7 Å². The molecule has 0 unspecified atom stereocenters. The molecule has 1 atom stereocenters. The van der Waals surface area contributed by atoms with E-state index in [1.807, 2.05) is 55.5 Å². The van der Waals surface area contributed by atoms with Crippen molar-refractivity contribution in [1.82, 2.24) is 9.78 Å². The SMILES string of the molecule is Cc1nn(-c2ccccc2)c2c1[C@@H](c1ccc(C(F)(F)F)cc1)N(c1ccccc1)C(=O)N2. The fourth-order valence-electron chi connectivity index (χ4n) is 4.18. The molecular formula is C25H19F3N4O. The summed E-state index contributed by atoms with van der Waals surface area (Å²) in [4.78, 5) is 14.9. The number of benzene rings is 3. The minimum atomic E-state index is -4.44. The Morgan fingerprint density at radius 2 is 1.42 bits per heavy atom. The maximum atomic E-state index is 13.4. The van der Waals surface area contributed by atoms with Crippen LogP contribution in [0.4, 0.5) is 29.5 Å². The third-order valence-corrected chi connectivity index (χ3v) is 5.67. The number of para-hydroxylation sites is 2. The third kappa shape index (κ3) is 3.63. The maximum absolute atomic E-state index is 13.4. The highest BCUT2D eigenvalue weighted by Gasteiger charge is 2.39. The maximum Gasteiger partial charge on any atom is 0.416 e. The summed E-state index contributed by atoms with van der Waals surface area (Å²) in [6, 6.07) is 22.3. The number of hydrogen-bond donors (Lipinski definition) is 1. The van der Waals surface area contributed by atoms with Gasteiger partial charge in [0.05, 0.1) is 23.0 Å². The number of nitrogens with one attached hydrogen (secondary N) is 1. The summed E-state index contributed by atoms with van der Waals surface area (Å²) in [5.41, 5.74) is 2.59. The van der Waals surface area contributed by atoms with Crippen LogP contribution < -0.4 is 10.2 Å². The first-order valence-electron chi connectivity index (χ1n) is 10.3. The molecule has 166 valence electrons. The van der Waals surface area contributed by atoms with Crippen molar-refractivity contribution in [2.45, 2.75) is 19.1 Å². The number of aromatic nitrogens is 2. The molecule has 1 aliphatic rings. The Morgan fingerprint density at radius 1 is 0.848 bits per heavy atom. The van der Waals surface area contributed by atoms with Crippen LogP contribution in [0.2, 0.25) is 0 Å². The van der Waals surface area contributed by atoms with Gasteiger partial charge in [-0.2, -0.15) is 18.3 Å². The third-order valence-electron chi connectivity index (χ3n) is 5.67. The predicted molar refractivity (Wildman–Crippen MR) is 120 cm³/mol. The van der Waals surface area contributed by atoms with Gasteiger partial charge in [-0.1, -0.05) is 48.5 Å². The standard InChI is InChI=1S/C25H19F3N4O/c1-16-21-22(17-12-14-18(15-13-17)25(26,27)28)31(19-8-4-2-5-9-19)24(33)29-23(21)32(30-16)20-10-6-3-7-11-20/h2-15,22H,1H3,(H,29,33)/t22-/m1/s1. The fraction of sp³-hybridized carbons (Fsp3) is 0.120. The number of hydrogen-bond acceptors (Lipinski definition) is 2. The highest BCUT2D eigenvalue weighted by Crippen LogP contribution is 2.43. The number of aryl methyl sites for hydroxylation is 1. The molecule has 2 amide bonds. The Bertz CT molecular complexity index is 1300. The van der Waals surface area contributed by atoms with Crippen LogP contribution in [0.5, 0.6) is 0 Å². The lowest BCUT2D eigenvalue weighted by atomic mass is 9.94. The number of halogens is 3. The van der Waals surface area contributed by atoms with Gasteiger partial charge in [0.25, 0.3) is 0 Å². The van der Waals surface area contributed by atoms with E-state index >= 15 is 0 Å². The monoisotopic (exact) mass is 448 g/mol. The first-order valence-corrected chi connectivity index (χ1v) is 10.3. The molecule has 0 fully saturated rings. The van der Waals surface area contributed by atoms with Crippen molar-refractivity contribution in [3.63, 3.8) is 0 Å². The number of nitrogens with zero attached hydrogens (tertiary/aromatic N) is 3. The molecule has 2 heterocycles. The normalized spacial score (nSPS) is 15.8. The molecule has 0 saturated carbocycles. The number of amides is 2. The summed E-state index contributed by atoms with van der Waals surface area (Å²) in [7, 11) is 0. The molecule has 3 aromatic carbocycles. The molecule has 1 N–H and O–H groups in total. The minimum Gasteiger partial charge on any atom is -0.291 e. The quantitative estimate of drug-likeness (QED) is 0.398. The number of alkyl halides is 3. The van der Waals surface area contributed by atoms with E-state index < -0.39 is 23.8 Å². The van der Waals surface area contributed by atoms with Gasteiger partial charge in [-0.3, -0.25) is 10.2 Å². The lowest BCUT2D eigenvalue weighted by molar-refractivity contribution is -0.137. The Morgan fingerprint density at radius 3 is 2.00 bits per heavy atom. The fourth-order valence-corrected chi connectivity index (χ4v) is 4.18. The van der Waals surface area contributed by atoms with E-state index in [1.165, 1.54) is 12.1 Å². The molecule has 0 saturated heterocycles. The predicted octanol–water partition coefficient (Wildman–Crippen LogP) is 6.34. The van der Waals surface area contributed by atoms with Crippen LogP contribution in [0.3, 0.4) is 0 Å². The second-order valence-corrected chi connectivity index (χ2v) is 7.75. The van der Waals surface area contributed by atoms with Crippen molar-refractivity contribution >= 4 is 17.5 Å². The van der Waals surface area contributed by atoms with Crippen LogP contribution in [0.25, 0.3) is 5.69 Å². The summed E-state index contributed by atoms with van der Waals surface area (Å²) in [6.45, 7) is 1.83. The van der Waals surface area contributed by atoms with Gasteiger partial charge >= 0.3 is 12.2 Å². The van der Waals surface area contributed by atoms with Gasteiger partial charge in [-0.25, -0.2) is 9.48 Å². The summed E-state index contributed by atoms with van der Waals surface area (Å²) < 4.78 is 41.2. The molecular weight excluding hydrogens is 429 g/mol. The van der Waals surface area contributed by atoms with Crippen molar-refractivity contribution in [1.29, 1.82) is 0 Å². The van der Waals surface area contributed by atoms with Crippen LogP contribution in [0, 0.1) is 6.92 Å². The Balaban J connectivity index is 1.71. The molecule has 0 bridgehead atoms. The Kier molecular flexibility index (Phi) is 4.92. The van der Waals surface area contributed by atoms with E-state index in [9.17, 15) is 18.0 Å². The zero-order valence-corrected chi connectivity index (χ0v) is 17.5. The van der Waals surface area contributed by atoms with Gasteiger partial charge in [-0.15, -0.1) is 0 Å². The van der Waals surface area contributed by atoms with Gasteiger partial charge in [0.15, 0.2) is 0 Å². The van der Waals surface area contributed by atoms with Gasteiger partial charge in [0.2, 0.25) is 0 Å². The highest BCUT2D eigenvalue weighted by atomic mass is 19.4.